The normalized spacial score (nSPS) is 21.3. The minimum Gasteiger partial charge on any atom is -0.338 e. The number of sulfonamides is 1. The van der Waals surface area contributed by atoms with E-state index in [0.29, 0.717) is 31.1 Å². The lowest BCUT2D eigenvalue weighted by Gasteiger charge is -2.36. The topological polar surface area (TPSA) is 62.1 Å². The number of benzene rings is 1. The van der Waals surface area contributed by atoms with Crippen LogP contribution < -0.4 is 4.90 Å². The maximum atomic E-state index is 13.1. The van der Waals surface area contributed by atoms with E-state index in [1.54, 1.807) is 10.4 Å². The van der Waals surface area contributed by atoms with Gasteiger partial charge in [0.1, 0.15) is 0 Å². The Morgan fingerprint density at radius 1 is 1.00 bits per heavy atom. The van der Waals surface area contributed by atoms with Crippen molar-refractivity contribution in [1.29, 1.82) is 0 Å². The SMILES string of the molecule is Cc1ccc(C)c(S(=O)(=O)N2CC[NH+]([C@@H](C)C(=O)N3CCCCCC3)CC2)c1. The van der Waals surface area contributed by atoms with Crippen molar-refractivity contribution in [2.24, 2.45) is 0 Å². The maximum Gasteiger partial charge on any atom is 0.280 e. The molecule has 2 heterocycles. The largest absolute Gasteiger partial charge is 0.338 e. The molecule has 1 atom stereocenters. The van der Waals surface area contributed by atoms with Crippen molar-refractivity contribution in [2.45, 2.75) is 57.4 Å². The molecule has 2 aliphatic rings. The molecule has 2 fully saturated rings. The van der Waals surface area contributed by atoms with Crippen LogP contribution >= 0.6 is 0 Å². The number of amides is 1. The van der Waals surface area contributed by atoms with E-state index in [1.165, 1.54) is 17.7 Å². The van der Waals surface area contributed by atoms with Gasteiger partial charge in [-0.15, -0.1) is 0 Å². The van der Waals surface area contributed by atoms with Gasteiger partial charge in [-0.1, -0.05) is 25.0 Å². The fourth-order valence-electron chi connectivity index (χ4n) is 4.31. The molecule has 0 aliphatic carbocycles. The van der Waals surface area contributed by atoms with Crippen molar-refractivity contribution in [3.05, 3.63) is 29.3 Å². The zero-order valence-corrected chi connectivity index (χ0v) is 18.2. The summed E-state index contributed by atoms with van der Waals surface area (Å²) in [5.74, 6) is 0.225. The van der Waals surface area contributed by atoms with E-state index in [9.17, 15) is 13.2 Å². The number of likely N-dealkylation sites (tertiary alicyclic amines) is 1. The molecular formula is C21H34N3O3S+. The zero-order valence-electron chi connectivity index (χ0n) is 17.4. The van der Waals surface area contributed by atoms with Crippen molar-refractivity contribution >= 4 is 15.9 Å². The van der Waals surface area contributed by atoms with E-state index in [4.69, 9.17) is 0 Å². The van der Waals surface area contributed by atoms with Gasteiger partial charge in [-0.2, -0.15) is 4.31 Å². The molecule has 156 valence electrons. The van der Waals surface area contributed by atoms with Crippen LogP contribution in [0.2, 0.25) is 0 Å². The molecule has 1 aromatic carbocycles. The Kier molecular flexibility index (Phi) is 6.78. The summed E-state index contributed by atoms with van der Waals surface area (Å²) < 4.78 is 27.8. The van der Waals surface area contributed by atoms with Gasteiger partial charge in [-0.05, 0) is 50.8 Å². The summed E-state index contributed by atoms with van der Waals surface area (Å²) in [7, 11) is -3.49. The molecule has 1 amide bonds. The lowest BCUT2D eigenvalue weighted by atomic mass is 10.2. The number of nitrogens with one attached hydrogen (secondary N) is 1. The minimum atomic E-state index is -3.49. The molecule has 6 nitrogen and oxygen atoms in total. The fraction of sp³-hybridized carbons (Fsp3) is 0.667. The molecular weight excluding hydrogens is 374 g/mol. The number of carbonyl (C=O) groups is 1. The standard InChI is InChI=1S/C21H33N3O3S/c1-17-8-9-18(2)20(16-17)28(26,27)24-14-12-22(13-15-24)19(3)21(25)23-10-6-4-5-7-11-23/h8-9,16,19H,4-7,10-15H2,1-3H3/p+1/t19-/m0/s1. The first kappa shape index (κ1) is 21.3. The average molecular weight is 409 g/mol. The second kappa shape index (κ2) is 8.93. The lowest BCUT2D eigenvalue weighted by Crippen LogP contribution is -3.19. The van der Waals surface area contributed by atoms with Gasteiger partial charge in [0.2, 0.25) is 10.0 Å². The van der Waals surface area contributed by atoms with Gasteiger partial charge in [0.05, 0.1) is 31.1 Å². The third-order valence-electron chi connectivity index (χ3n) is 6.23. The molecule has 3 rings (SSSR count). The molecule has 1 N–H and O–H groups in total. The molecule has 0 unspecified atom stereocenters. The van der Waals surface area contributed by atoms with Gasteiger partial charge >= 0.3 is 0 Å². The summed E-state index contributed by atoms with van der Waals surface area (Å²) in [6, 6.07) is 5.46. The van der Waals surface area contributed by atoms with Crippen LogP contribution in [0.4, 0.5) is 0 Å². The van der Waals surface area contributed by atoms with E-state index in [0.717, 1.165) is 37.1 Å². The van der Waals surface area contributed by atoms with E-state index in [-0.39, 0.29) is 11.9 Å². The maximum absolute atomic E-state index is 13.1. The first-order valence-electron chi connectivity index (χ1n) is 10.5. The minimum absolute atomic E-state index is 0.108. The fourth-order valence-corrected chi connectivity index (χ4v) is 6.06. The van der Waals surface area contributed by atoms with Crippen molar-refractivity contribution in [3.63, 3.8) is 0 Å². The second-order valence-corrected chi connectivity index (χ2v) is 10.2. The highest BCUT2D eigenvalue weighted by molar-refractivity contribution is 7.89. The number of hydrogen-bond acceptors (Lipinski definition) is 3. The molecule has 0 radical (unpaired) electrons. The van der Waals surface area contributed by atoms with E-state index in [2.05, 4.69) is 0 Å². The van der Waals surface area contributed by atoms with Gasteiger partial charge in [0.25, 0.3) is 5.91 Å². The van der Waals surface area contributed by atoms with Crippen LogP contribution in [-0.2, 0) is 14.8 Å². The second-order valence-electron chi connectivity index (χ2n) is 8.29. The first-order chi connectivity index (χ1) is 13.3. The Labute approximate surface area is 169 Å². The lowest BCUT2D eigenvalue weighted by molar-refractivity contribution is -0.918. The summed E-state index contributed by atoms with van der Waals surface area (Å²) in [5.41, 5.74) is 1.73. The highest BCUT2D eigenvalue weighted by atomic mass is 32.2. The predicted octanol–water partition coefficient (Wildman–Crippen LogP) is 0.984. The number of rotatable bonds is 4. The van der Waals surface area contributed by atoms with Gasteiger partial charge in [-0.25, -0.2) is 8.42 Å². The molecule has 7 heteroatoms. The average Bonchev–Trinajstić information content (AvgIpc) is 2.98. The van der Waals surface area contributed by atoms with Gasteiger partial charge < -0.3 is 9.80 Å². The highest BCUT2D eigenvalue weighted by Crippen LogP contribution is 2.21. The Morgan fingerprint density at radius 2 is 1.61 bits per heavy atom. The molecule has 0 bridgehead atoms. The number of piperazine rings is 1. The summed E-state index contributed by atoms with van der Waals surface area (Å²) >= 11 is 0. The zero-order chi connectivity index (χ0) is 20.3. The van der Waals surface area contributed by atoms with Crippen LogP contribution in [0.5, 0.6) is 0 Å². The van der Waals surface area contributed by atoms with Crippen LogP contribution in [0.3, 0.4) is 0 Å². The Morgan fingerprint density at radius 3 is 2.21 bits per heavy atom. The number of quaternary nitrogens is 1. The number of hydrogen-bond donors (Lipinski definition) is 1. The quantitative estimate of drug-likeness (QED) is 0.808. The van der Waals surface area contributed by atoms with E-state index < -0.39 is 10.0 Å². The van der Waals surface area contributed by atoms with Crippen LogP contribution in [0.15, 0.2) is 23.1 Å². The van der Waals surface area contributed by atoms with Crippen LogP contribution in [0.25, 0.3) is 0 Å². The molecule has 1 aromatic rings. The molecule has 28 heavy (non-hydrogen) atoms. The van der Waals surface area contributed by atoms with Crippen LogP contribution in [-0.4, -0.2) is 68.8 Å². The Hall–Kier alpha value is -1.44. The van der Waals surface area contributed by atoms with Crippen molar-refractivity contribution < 1.29 is 18.1 Å². The Balaban J connectivity index is 1.63. The highest BCUT2D eigenvalue weighted by Gasteiger charge is 2.36. The number of nitrogens with zero attached hydrogens (tertiary/aromatic N) is 2. The van der Waals surface area contributed by atoms with Gasteiger partial charge in [0, 0.05) is 13.1 Å². The Bertz CT molecular complexity index is 793. The van der Waals surface area contributed by atoms with Gasteiger partial charge in [-0.3, -0.25) is 4.79 Å². The third kappa shape index (κ3) is 4.58. The summed E-state index contributed by atoms with van der Waals surface area (Å²) in [5, 5.41) is 0. The predicted molar refractivity (Wildman–Crippen MR) is 110 cm³/mol. The summed E-state index contributed by atoms with van der Waals surface area (Å²) in [6.07, 6.45) is 4.60. The van der Waals surface area contributed by atoms with Crippen molar-refractivity contribution in [1.82, 2.24) is 9.21 Å². The van der Waals surface area contributed by atoms with Crippen molar-refractivity contribution in [2.75, 3.05) is 39.3 Å². The van der Waals surface area contributed by atoms with E-state index >= 15 is 0 Å². The van der Waals surface area contributed by atoms with Gasteiger partial charge in [0.15, 0.2) is 6.04 Å². The molecule has 0 saturated carbocycles. The third-order valence-corrected chi connectivity index (χ3v) is 8.27. The smallest absolute Gasteiger partial charge is 0.280 e. The molecule has 0 spiro atoms. The molecule has 2 saturated heterocycles. The van der Waals surface area contributed by atoms with Crippen LogP contribution in [0, 0.1) is 13.8 Å². The molecule has 2 aliphatic heterocycles. The molecule has 0 aromatic heterocycles. The summed E-state index contributed by atoms with van der Waals surface area (Å²) in [4.78, 5) is 16.5. The van der Waals surface area contributed by atoms with Crippen LogP contribution in [0.1, 0.15) is 43.7 Å². The number of aryl methyl sites for hydroxylation is 2. The first-order valence-corrected chi connectivity index (χ1v) is 12.0. The number of carbonyl (C=O) groups excluding carboxylic acids is 1. The van der Waals surface area contributed by atoms with Crippen molar-refractivity contribution in [3.8, 4) is 0 Å². The monoisotopic (exact) mass is 408 g/mol. The van der Waals surface area contributed by atoms with E-state index in [1.807, 2.05) is 37.8 Å². The summed E-state index contributed by atoms with van der Waals surface area (Å²) in [6.45, 7) is 9.75.